The Morgan fingerprint density at radius 2 is 1.86 bits per heavy atom. The lowest BCUT2D eigenvalue weighted by atomic mass is 9.87. The minimum absolute atomic E-state index is 0.0123. The molecule has 1 aromatic carbocycles. The Hall–Kier alpha value is -1.24. The van der Waals surface area contributed by atoms with Gasteiger partial charge >= 0.3 is 5.51 Å². The van der Waals surface area contributed by atoms with Crippen molar-refractivity contribution >= 4 is 15.5 Å². The van der Waals surface area contributed by atoms with Crippen molar-refractivity contribution in [1.29, 1.82) is 0 Å². The molecule has 2 unspecified atom stereocenters. The molecule has 0 aliphatic heterocycles. The fourth-order valence-electron chi connectivity index (χ4n) is 2.73. The standard InChI is InChI=1S/C14H18F3NO2S/c1-10-5-4-6-11(9-10)18-12-7-2-3-8-13(12)21(19,20)14(15,16)17/h2-3,7-8,10-11,18H,4-6,9H2,1H3. The molecule has 1 saturated carbocycles. The number of benzene rings is 1. The summed E-state index contributed by atoms with van der Waals surface area (Å²) in [6.45, 7) is 2.09. The van der Waals surface area contributed by atoms with Gasteiger partial charge in [-0.05, 0) is 30.9 Å². The van der Waals surface area contributed by atoms with Gasteiger partial charge < -0.3 is 5.32 Å². The van der Waals surface area contributed by atoms with E-state index < -0.39 is 20.2 Å². The molecular formula is C14H18F3NO2S. The number of hydrogen-bond acceptors (Lipinski definition) is 3. The van der Waals surface area contributed by atoms with Crippen molar-refractivity contribution in [3.63, 3.8) is 0 Å². The molecule has 2 rings (SSSR count). The Kier molecular flexibility index (Phi) is 4.51. The quantitative estimate of drug-likeness (QED) is 0.916. The number of sulfone groups is 1. The fraction of sp³-hybridized carbons (Fsp3) is 0.571. The fourth-order valence-corrected chi connectivity index (χ4v) is 3.65. The van der Waals surface area contributed by atoms with Crippen LogP contribution in [0.15, 0.2) is 29.2 Å². The van der Waals surface area contributed by atoms with E-state index in [1.165, 1.54) is 18.2 Å². The highest BCUT2D eigenvalue weighted by Gasteiger charge is 2.48. The zero-order valence-electron chi connectivity index (χ0n) is 11.7. The predicted octanol–water partition coefficient (Wildman–Crippen LogP) is 3.97. The number of rotatable bonds is 3. The van der Waals surface area contributed by atoms with E-state index in [4.69, 9.17) is 0 Å². The molecule has 7 heteroatoms. The molecule has 1 N–H and O–H groups in total. The summed E-state index contributed by atoms with van der Waals surface area (Å²) in [4.78, 5) is -0.698. The number of halogens is 3. The Balaban J connectivity index is 2.30. The third-order valence-corrected chi connectivity index (χ3v) is 5.32. The summed E-state index contributed by atoms with van der Waals surface area (Å²) in [7, 11) is -5.33. The summed E-state index contributed by atoms with van der Waals surface area (Å²) >= 11 is 0. The van der Waals surface area contributed by atoms with Gasteiger partial charge in [0.05, 0.1) is 10.6 Å². The molecule has 0 amide bonds. The van der Waals surface area contributed by atoms with E-state index in [0.29, 0.717) is 5.92 Å². The smallest absolute Gasteiger partial charge is 0.381 e. The lowest BCUT2D eigenvalue weighted by Crippen LogP contribution is -2.29. The molecule has 0 heterocycles. The normalized spacial score (nSPS) is 23.8. The molecule has 1 aromatic rings. The summed E-state index contributed by atoms with van der Waals surface area (Å²) in [6, 6.07) is 5.23. The second-order valence-electron chi connectivity index (χ2n) is 5.56. The Morgan fingerprint density at radius 3 is 2.48 bits per heavy atom. The maximum atomic E-state index is 12.7. The number of alkyl halides is 3. The van der Waals surface area contributed by atoms with E-state index in [2.05, 4.69) is 12.2 Å². The molecular weight excluding hydrogens is 303 g/mol. The van der Waals surface area contributed by atoms with E-state index in [0.717, 1.165) is 31.7 Å². The van der Waals surface area contributed by atoms with Gasteiger partial charge in [0.2, 0.25) is 0 Å². The summed E-state index contributed by atoms with van der Waals surface area (Å²) < 4.78 is 61.4. The highest BCUT2D eigenvalue weighted by Crippen LogP contribution is 2.35. The van der Waals surface area contributed by atoms with Crippen molar-refractivity contribution in [3.05, 3.63) is 24.3 Å². The van der Waals surface area contributed by atoms with Crippen LogP contribution in [0, 0.1) is 5.92 Å². The van der Waals surface area contributed by atoms with Crippen LogP contribution in [0.1, 0.15) is 32.6 Å². The van der Waals surface area contributed by atoms with E-state index in [1.54, 1.807) is 0 Å². The Bertz CT molecular complexity index is 598. The van der Waals surface area contributed by atoms with Crippen molar-refractivity contribution in [2.45, 2.75) is 49.1 Å². The van der Waals surface area contributed by atoms with Gasteiger partial charge in [-0.2, -0.15) is 13.2 Å². The minimum Gasteiger partial charge on any atom is -0.381 e. The van der Waals surface area contributed by atoms with E-state index in [9.17, 15) is 21.6 Å². The van der Waals surface area contributed by atoms with Crippen molar-refractivity contribution in [3.8, 4) is 0 Å². The van der Waals surface area contributed by atoms with Crippen LogP contribution in [0.5, 0.6) is 0 Å². The van der Waals surface area contributed by atoms with Crippen LogP contribution in [-0.2, 0) is 9.84 Å². The highest BCUT2D eigenvalue weighted by atomic mass is 32.2. The number of hydrogen-bond donors (Lipinski definition) is 1. The molecule has 1 aliphatic carbocycles. The van der Waals surface area contributed by atoms with Gasteiger partial charge in [0.15, 0.2) is 0 Å². The van der Waals surface area contributed by atoms with Crippen molar-refractivity contribution in [1.82, 2.24) is 0 Å². The molecule has 0 radical (unpaired) electrons. The summed E-state index contributed by atoms with van der Waals surface area (Å²) in [5.41, 5.74) is -5.25. The van der Waals surface area contributed by atoms with Crippen molar-refractivity contribution in [2.24, 2.45) is 5.92 Å². The molecule has 21 heavy (non-hydrogen) atoms. The predicted molar refractivity (Wildman–Crippen MR) is 74.7 cm³/mol. The maximum absolute atomic E-state index is 12.7. The van der Waals surface area contributed by atoms with Gasteiger partial charge in [0, 0.05) is 6.04 Å². The molecule has 0 spiro atoms. The third-order valence-electron chi connectivity index (χ3n) is 3.78. The molecule has 1 fully saturated rings. The average Bonchev–Trinajstić information content (AvgIpc) is 2.38. The minimum atomic E-state index is -5.33. The number of nitrogens with one attached hydrogen (secondary N) is 1. The van der Waals surface area contributed by atoms with E-state index >= 15 is 0 Å². The Morgan fingerprint density at radius 1 is 1.19 bits per heavy atom. The van der Waals surface area contributed by atoms with Gasteiger partial charge in [-0.15, -0.1) is 0 Å². The second-order valence-corrected chi connectivity index (χ2v) is 7.47. The summed E-state index contributed by atoms with van der Waals surface area (Å²) in [5, 5.41) is 2.98. The van der Waals surface area contributed by atoms with Crippen LogP contribution in [0.3, 0.4) is 0 Å². The van der Waals surface area contributed by atoms with Crippen LogP contribution in [-0.4, -0.2) is 20.0 Å². The van der Waals surface area contributed by atoms with Crippen molar-refractivity contribution in [2.75, 3.05) is 5.32 Å². The van der Waals surface area contributed by atoms with Crippen LogP contribution in [0.2, 0.25) is 0 Å². The monoisotopic (exact) mass is 321 g/mol. The van der Waals surface area contributed by atoms with Crippen LogP contribution < -0.4 is 5.32 Å². The first-order chi connectivity index (χ1) is 9.72. The zero-order chi connectivity index (χ0) is 15.7. The maximum Gasteiger partial charge on any atom is 0.501 e. The Labute approximate surface area is 122 Å². The van der Waals surface area contributed by atoms with Gasteiger partial charge in [-0.3, -0.25) is 0 Å². The molecule has 0 aromatic heterocycles. The highest BCUT2D eigenvalue weighted by molar-refractivity contribution is 7.92. The van der Waals surface area contributed by atoms with Gasteiger partial charge in [0.1, 0.15) is 0 Å². The van der Waals surface area contributed by atoms with Gasteiger partial charge in [-0.1, -0.05) is 31.9 Å². The van der Waals surface area contributed by atoms with Gasteiger partial charge in [0.25, 0.3) is 9.84 Å². The van der Waals surface area contributed by atoms with Crippen LogP contribution in [0.4, 0.5) is 18.9 Å². The molecule has 0 bridgehead atoms. The van der Waals surface area contributed by atoms with Crippen LogP contribution in [0.25, 0.3) is 0 Å². The second kappa shape index (κ2) is 5.87. The van der Waals surface area contributed by atoms with Crippen LogP contribution >= 0.6 is 0 Å². The molecule has 0 saturated heterocycles. The molecule has 2 atom stereocenters. The first-order valence-corrected chi connectivity index (χ1v) is 8.37. The summed E-state index contributed by atoms with van der Waals surface area (Å²) in [5.74, 6) is 0.489. The molecule has 1 aliphatic rings. The summed E-state index contributed by atoms with van der Waals surface area (Å²) in [6.07, 6.45) is 3.76. The largest absolute Gasteiger partial charge is 0.501 e. The first-order valence-electron chi connectivity index (χ1n) is 6.88. The van der Waals surface area contributed by atoms with E-state index in [-0.39, 0.29) is 11.7 Å². The molecule has 118 valence electrons. The third kappa shape index (κ3) is 3.51. The number of para-hydroxylation sites is 1. The molecule has 3 nitrogen and oxygen atoms in total. The number of anilines is 1. The first kappa shape index (κ1) is 16.1. The lowest BCUT2D eigenvalue weighted by molar-refractivity contribution is -0.0435. The average molecular weight is 321 g/mol. The SMILES string of the molecule is CC1CCCC(Nc2ccccc2S(=O)(=O)C(F)(F)F)C1. The lowest BCUT2D eigenvalue weighted by Gasteiger charge is -2.29. The van der Waals surface area contributed by atoms with Crippen molar-refractivity contribution < 1.29 is 21.6 Å². The van der Waals surface area contributed by atoms with Gasteiger partial charge in [-0.25, -0.2) is 8.42 Å². The zero-order valence-corrected chi connectivity index (χ0v) is 12.5. The van der Waals surface area contributed by atoms with E-state index in [1.807, 2.05) is 0 Å². The topological polar surface area (TPSA) is 46.2 Å².